The molecule has 3 aromatic rings. The molecule has 1 aromatic carbocycles. The third-order valence-corrected chi connectivity index (χ3v) is 4.34. The number of aromatic nitrogens is 2. The smallest absolute Gasteiger partial charge is 0.258 e. The number of aromatic amines is 1. The number of hydrogen-bond donors (Lipinski definition) is 3. The van der Waals surface area contributed by atoms with E-state index in [0.717, 1.165) is 0 Å². The minimum absolute atomic E-state index is 0.174. The molecular weight excluding hydrogens is 371 g/mol. The Labute approximate surface area is 157 Å². The number of nitrogens with one attached hydrogen (secondary N) is 3. The van der Waals surface area contributed by atoms with Crippen molar-refractivity contribution in [1.29, 1.82) is 0 Å². The molecule has 0 saturated carbocycles. The van der Waals surface area contributed by atoms with Crippen LogP contribution in [0.1, 0.15) is 22.5 Å². The number of amides is 2. The van der Waals surface area contributed by atoms with E-state index in [2.05, 4.69) is 20.6 Å². The highest BCUT2D eigenvalue weighted by Gasteiger charge is 2.10. The van der Waals surface area contributed by atoms with Gasteiger partial charge in [-0.1, -0.05) is 6.07 Å². The quantitative estimate of drug-likeness (QED) is 0.606. The SMILES string of the molecule is O=C(CCc1csc(NC(=O)c2ccc(=O)[nH]c2)n1)Nc1cccc(F)c1. The molecule has 0 fully saturated rings. The molecule has 3 N–H and O–H groups in total. The van der Waals surface area contributed by atoms with Gasteiger partial charge in [-0.15, -0.1) is 11.3 Å². The topological polar surface area (TPSA) is 104 Å². The number of nitrogens with zero attached hydrogens (tertiary/aromatic N) is 1. The number of rotatable bonds is 6. The number of pyridine rings is 1. The lowest BCUT2D eigenvalue weighted by Crippen LogP contribution is -2.14. The first-order valence-corrected chi connectivity index (χ1v) is 8.87. The lowest BCUT2D eigenvalue weighted by molar-refractivity contribution is -0.116. The van der Waals surface area contributed by atoms with Crippen molar-refractivity contribution in [3.63, 3.8) is 0 Å². The van der Waals surface area contributed by atoms with Crippen molar-refractivity contribution in [2.45, 2.75) is 12.8 Å². The summed E-state index contributed by atoms with van der Waals surface area (Å²) in [5.41, 5.74) is 1.07. The van der Waals surface area contributed by atoms with Crippen molar-refractivity contribution in [2.75, 3.05) is 10.6 Å². The third-order valence-electron chi connectivity index (χ3n) is 3.54. The number of H-pyrrole nitrogens is 1. The third kappa shape index (κ3) is 5.32. The maximum atomic E-state index is 13.1. The predicted octanol–water partition coefficient (Wildman–Crippen LogP) is 2.79. The fourth-order valence-electron chi connectivity index (χ4n) is 2.23. The normalized spacial score (nSPS) is 10.4. The van der Waals surface area contributed by atoms with Gasteiger partial charge < -0.3 is 10.3 Å². The lowest BCUT2D eigenvalue weighted by Gasteiger charge is -2.04. The number of anilines is 2. The van der Waals surface area contributed by atoms with Crippen molar-refractivity contribution in [1.82, 2.24) is 9.97 Å². The van der Waals surface area contributed by atoms with E-state index in [1.165, 1.54) is 47.9 Å². The van der Waals surface area contributed by atoms with Crippen LogP contribution in [0.2, 0.25) is 0 Å². The minimum Gasteiger partial charge on any atom is -0.328 e. The van der Waals surface area contributed by atoms with Crippen LogP contribution in [-0.2, 0) is 11.2 Å². The Hall–Kier alpha value is -3.33. The largest absolute Gasteiger partial charge is 0.328 e. The minimum atomic E-state index is -0.421. The number of hydrogen-bond acceptors (Lipinski definition) is 5. The van der Waals surface area contributed by atoms with E-state index >= 15 is 0 Å². The molecule has 0 saturated heterocycles. The van der Waals surface area contributed by atoms with Crippen LogP contribution in [0.15, 0.2) is 52.8 Å². The van der Waals surface area contributed by atoms with Gasteiger partial charge in [0.05, 0.1) is 11.3 Å². The van der Waals surface area contributed by atoms with Crippen LogP contribution < -0.4 is 16.2 Å². The van der Waals surface area contributed by atoms with E-state index in [0.29, 0.717) is 28.5 Å². The number of carbonyl (C=O) groups excluding carboxylic acids is 2. The molecule has 7 nitrogen and oxygen atoms in total. The number of halogens is 1. The average Bonchev–Trinajstić information content (AvgIpc) is 3.08. The van der Waals surface area contributed by atoms with Crippen LogP contribution in [0, 0.1) is 5.82 Å². The lowest BCUT2D eigenvalue weighted by atomic mass is 10.2. The summed E-state index contributed by atoms with van der Waals surface area (Å²) in [7, 11) is 0. The molecule has 0 aliphatic carbocycles. The molecule has 0 atom stereocenters. The number of carbonyl (C=O) groups is 2. The van der Waals surface area contributed by atoms with Gasteiger partial charge in [-0.25, -0.2) is 9.37 Å². The van der Waals surface area contributed by atoms with Crippen LogP contribution in [0.3, 0.4) is 0 Å². The second-order valence-corrected chi connectivity index (χ2v) is 6.46. The van der Waals surface area contributed by atoms with E-state index in [-0.39, 0.29) is 17.9 Å². The van der Waals surface area contributed by atoms with Gasteiger partial charge in [0.1, 0.15) is 5.82 Å². The zero-order chi connectivity index (χ0) is 19.2. The van der Waals surface area contributed by atoms with Crippen LogP contribution in [0.25, 0.3) is 0 Å². The number of aryl methyl sites for hydroxylation is 1. The maximum absolute atomic E-state index is 13.1. The van der Waals surface area contributed by atoms with Crippen molar-refractivity contribution in [3.05, 3.63) is 75.4 Å². The Morgan fingerprint density at radius 2 is 2.04 bits per heavy atom. The van der Waals surface area contributed by atoms with Crippen LogP contribution >= 0.6 is 11.3 Å². The summed E-state index contributed by atoms with van der Waals surface area (Å²) < 4.78 is 13.1. The second kappa shape index (κ2) is 8.37. The molecule has 0 spiro atoms. The highest BCUT2D eigenvalue weighted by atomic mass is 32.1. The number of benzene rings is 1. The van der Waals surface area contributed by atoms with Gasteiger partial charge in [0.15, 0.2) is 5.13 Å². The van der Waals surface area contributed by atoms with Gasteiger partial charge >= 0.3 is 0 Å². The summed E-state index contributed by atoms with van der Waals surface area (Å²) in [5.74, 6) is -1.07. The second-order valence-electron chi connectivity index (χ2n) is 5.60. The molecule has 0 aliphatic heterocycles. The Balaban J connectivity index is 1.51. The van der Waals surface area contributed by atoms with Gasteiger partial charge in [-0.2, -0.15) is 0 Å². The molecule has 3 rings (SSSR count). The Morgan fingerprint density at radius 1 is 1.19 bits per heavy atom. The van der Waals surface area contributed by atoms with E-state index < -0.39 is 11.7 Å². The highest BCUT2D eigenvalue weighted by Crippen LogP contribution is 2.18. The zero-order valence-electron chi connectivity index (χ0n) is 14.0. The first-order valence-electron chi connectivity index (χ1n) is 7.99. The summed E-state index contributed by atoms with van der Waals surface area (Å²) >= 11 is 1.24. The Bertz CT molecular complexity index is 1010. The van der Waals surface area contributed by atoms with Gasteiger partial charge in [0, 0.05) is 29.8 Å². The van der Waals surface area contributed by atoms with E-state index in [4.69, 9.17) is 0 Å². The molecule has 0 aliphatic rings. The Morgan fingerprint density at radius 3 is 2.78 bits per heavy atom. The maximum Gasteiger partial charge on any atom is 0.258 e. The van der Waals surface area contributed by atoms with Crippen molar-refractivity contribution in [2.24, 2.45) is 0 Å². The first-order chi connectivity index (χ1) is 13.0. The molecule has 2 aromatic heterocycles. The van der Waals surface area contributed by atoms with Gasteiger partial charge in [0.25, 0.3) is 5.91 Å². The summed E-state index contributed by atoms with van der Waals surface area (Å²) in [6.07, 6.45) is 1.88. The molecule has 0 unspecified atom stereocenters. The number of thiazole rings is 1. The van der Waals surface area contributed by atoms with E-state index in [1.807, 2.05) is 0 Å². The summed E-state index contributed by atoms with van der Waals surface area (Å²) in [5, 5.41) is 7.40. The standard InChI is InChI=1S/C18H15FN4O3S/c19-12-2-1-3-13(8-12)21-16(25)7-5-14-10-27-18(22-14)23-17(26)11-4-6-15(24)20-9-11/h1-4,6,8-10H,5,7H2,(H,20,24)(H,21,25)(H,22,23,26). The zero-order valence-corrected chi connectivity index (χ0v) is 14.8. The van der Waals surface area contributed by atoms with Crippen LogP contribution in [-0.4, -0.2) is 21.8 Å². The molecule has 9 heteroatoms. The fraction of sp³-hybridized carbons (Fsp3) is 0.111. The summed E-state index contributed by atoms with van der Waals surface area (Å²) in [4.78, 5) is 41.7. The van der Waals surface area contributed by atoms with Crippen molar-refractivity contribution < 1.29 is 14.0 Å². The molecule has 138 valence electrons. The fourth-order valence-corrected chi connectivity index (χ4v) is 2.97. The molecule has 2 heterocycles. The molecule has 2 amide bonds. The predicted molar refractivity (Wildman–Crippen MR) is 100 cm³/mol. The van der Waals surface area contributed by atoms with E-state index in [1.54, 1.807) is 11.4 Å². The van der Waals surface area contributed by atoms with Crippen LogP contribution in [0.4, 0.5) is 15.2 Å². The van der Waals surface area contributed by atoms with Crippen molar-refractivity contribution >= 4 is 34.0 Å². The van der Waals surface area contributed by atoms with Gasteiger partial charge in [0.2, 0.25) is 11.5 Å². The molecule has 27 heavy (non-hydrogen) atoms. The highest BCUT2D eigenvalue weighted by molar-refractivity contribution is 7.14. The van der Waals surface area contributed by atoms with Gasteiger partial charge in [-0.05, 0) is 30.7 Å². The van der Waals surface area contributed by atoms with Gasteiger partial charge in [-0.3, -0.25) is 19.7 Å². The average molecular weight is 386 g/mol. The Kier molecular flexibility index (Phi) is 5.72. The summed E-state index contributed by atoms with van der Waals surface area (Å²) in [6, 6.07) is 8.34. The van der Waals surface area contributed by atoms with Crippen LogP contribution in [0.5, 0.6) is 0 Å². The molecule has 0 radical (unpaired) electrons. The molecular formula is C18H15FN4O3S. The van der Waals surface area contributed by atoms with Crippen molar-refractivity contribution in [3.8, 4) is 0 Å². The summed E-state index contributed by atoms with van der Waals surface area (Å²) in [6.45, 7) is 0. The first kappa shape index (κ1) is 18.5. The monoisotopic (exact) mass is 386 g/mol. The van der Waals surface area contributed by atoms with E-state index in [9.17, 15) is 18.8 Å². The molecule has 0 bridgehead atoms.